The molecule has 0 radical (unpaired) electrons. The van der Waals surface area contributed by atoms with Crippen molar-refractivity contribution in [3.8, 4) is 0 Å². The number of fused-ring (bicyclic) bond motifs is 5. The second-order valence-corrected chi connectivity index (χ2v) is 13.9. The Morgan fingerprint density at radius 3 is 2.43 bits per heavy atom. The second kappa shape index (κ2) is 12.6. The molecule has 1 aromatic rings. The van der Waals surface area contributed by atoms with Crippen LogP contribution in [0.3, 0.4) is 0 Å². The minimum Gasteiger partial charge on any atom is -0.481 e. The van der Waals surface area contributed by atoms with Crippen molar-refractivity contribution >= 4 is 29.4 Å². The van der Waals surface area contributed by atoms with Gasteiger partial charge in [0, 0.05) is 30.7 Å². The zero-order valence-corrected chi connectivity index (χ0v) is 25.8. The summed E-state index contributed by atoms with van der Waals surface area (Å²) in [6, 6.07) is 9.06. The Hall–Kier alpha value is -3.33. The van der Waals surface area contributed by atoms with Crippen LogP contribution in [-0.4, -0.2) is 58.4 Å². The highest BCUT2D eigenvalue weighted by molar-refractivity contribution is 5.92. The molecule has 0 aromatic heterocycles. The summed E-state index contributed by atoms with van der Waals surface area (Å²) in [5.41, 5.74) is -0.100. The third kappa shape index (κ3) is 6.00. The van der Waals surface area contributed by atoms with Crippen molar-refractivity contribution < 1.29 is 38.9 Å². The molecule has 0 aliphatic heterocycles. The number of rotatable bonds is 11. The first-order chi connectivity index (χ1) is 20.9. The molecule has 7 atom stereocenters. The minimum absolute atomic E-state index is 0.00338. The van der Waals surface area contributed by atoms with Gasteiger partial charge in [0.25, 0.3) is 0 Å². The van der Waals surface area contributed by atoms with Crippen LogP contribution in [0.15, 0.2) is 42.0 Å². The molecule has 238 valence electrons. The van der Waals surface area contributed by atoms with Gasteiger partial charge >= 0.3 is 11.9 Å². The maximum absolute atomic E-state index is 13.5. The van der Waals surface area contributed by atoms with E-state index in [0.717, 1.165) is 37.7 Å². The van der Waals surface area contributed by atoms with Crippen LogP contribution in [-0.2, 0) is 28.7 Å². The summed E-state index contributed by atoms with van der Waals surface area (Å²) in [7, 11) is 0. The Morgan fingerprint density at radius 1 is 0.977 bits per heavy atom. The number of esters is 1. The van der Waals surface area contributed by atoms with E-state index in [-0.39, 0.29) is 42.9 Å². The smallest absolute Gasteiger partial charge is 0.306 e. The van der Waals surface area contributed by atoms with Gasteiger partial charge in [-0.2, -0.15) is 0 Å². The number of hydrogen-bond acceptors (Lipinski definition) is 7. The maximum atomic E-state index is 13.5. The summed E-state index contributed by atoms with van der Waals surface area (Å²) < 4.78 is 5.26. The van der Waals surface area contributed by atoms with Crippen LogP contribution in [0.4, 0.5) is 0 Å². The van der Waals surface area contributed by atoms with Gasteiger partial charge in [-0.05, 0) is 79.8 Å². The predicted molar refractivity (Wildman–Crippen MR) is 161 cm³/mol. The molecule has 4 aliphatic carbocycles. The standard InChI is InChI=1S/C35H45NO8/c1-33-15-12-25(37)19-24(33)8-9-26-27(33)13-16-34(2)28(26)14-17-35(34,43)29(38)21-44-32(42)11-10-30(39)36-20-23(18-31(40)41)22-6-4-3-5-7-22/h3-7,19,23,26-28,43H,8-18,20-21H2,1-2H3,(H,36,39)(H,40,41). The number of carbonyl (C=O) groups excluding carboxylic acids is 4. The third-order valence-corrected chi connectivity index (χ3v) is 11.7. The lowest BCUT2D eigenvalue weighted by atomic mass is 9.46. The van der Waals surface area contributed by atoms with Gasteiger partial charge in [0.15, 0.2) is 12.4 Å². The van der Waals surface area contributed by atoms with E-state index >= 15 is 0 Å². The number of nitrogens with one attached hydrogen (secondary N) is 1. The Balaban J connectivity index is 1.12. The van der Waals surface area contributed by atoms with Crippen molar-refractivity contribution in [2.24, 2.45) is 28.6 Å². The lowest BCUT2D eigenvalue weighted by molar-refractivity contribution is -0.170. The number of benzene rings is 1. The van der Waals surface area contributed by atoms with Crippen LogP contribution in [0.5, 0.6) is 0 Å². The number of ketones is 2. The molecule has 9 heteroatoms. The van der Waals surface area contributed by atoms with E-state index in [9.17, 15) is 34.2 Å². The lowest BCUT2D eigenvalue weighted by Crippen LogP contribution is -2.58. The molecule has 3 fully saturated rings. The summed E-state index contributed by atoms with van der Waals surface area (Å²) >= 11 is 0. The lowest BCUT2D eigenvalue weighted by Gasteiger charge is -2.58. The van der Waals surface area contributed by atoms with Crippen LogP contribution in [0, 0.1) is 28.6 Å². The van der Waals surface area contributed by atoms with Gasteiger partial charge in [-0.15, -0.1) is 0 Å². The Bertz CT molecular complexity index is 1340. The van der Waals surface area contributed by atoms with Gasteiger partial charge in [-0.25, -0.2) is 0 Å². The molecule has 0 saturated heterocycles. The van der Waals surface area contributed by atoms with E-state index in [1.54, 1.807) is 12.1 Å². The van der Waals surface area contributed by atoms with Crippen molar-refractivity contribution in [3.63, 3.8) is 0 Å². The van der Waals surface area contributed by atoms with Crippen molar-refractivity contribution in [1.82, 2.24) is 5.32 Å². The fourth-order valence-electron chi connectivity index (χ4n) is 9.16. The third-order valence-electron chi connectivity index (χ3n) is 11.7. The van der Waals surface area contributed by atoms with E-state index in [0.29, 0.717) is 31.1 Å². The highest BCUT2D eigenvalue weighted by Crippen LogP contribution is 2.67. The Labute approximate surface area is 258 Å². The fourth-order valence-corrected chi connectivity index (χ4v) is 9.16. The molecule has 7 unspecified atom stereocenters. The number of carboxylic acid groups (broad SMARTS) is 1. The van der Waals surface area contributed by atoms with E-state index in [2.05, 4.69) is 12.2 Å². The topological polar surface area (TPSA) is 147 Å². The largest absolute Gasteiger partial charge is 0.481 e. The summed E-state index contributed by atoms with van der Waals surface area (Å²) in [4.78, 5) is 61.7. The van der Waals surface area contributed by atoms with Gasteiger partial charge in [-0.3, -0.25) is 24.0 Å². The molecule has 44 heavy (non-hydrogen) atoms. The highest BCUT2D eigenvalue weighted by atomic mass is 16.5. The Kier molecular flexibility index (Phi) is 9.17. The van der Waals surface area contributed by atoms with Crippen molar-refractivity contribution in [3.05, 3.63) is 47.5 Å². The molecule has 0 heterocycles. The first-order valence-corrected chi connectivity index (χ1v) is 16.1. The van der Waals surface area contributed by atoms with Gasteiger partial charge in [0.2, 0.25) is 11.7 Å². The van der Waals surface area contributed by atoms with Crippen LogP contribution in [0.2, 0.25) is 0 Å². The summed E-state index contributed by atoms with van der Waals surface area (Å²) in [6.07, 6.45) is 7.33. The van der Waals surface area contributed by atoms with Crippen LogP contribution < -0.4 is 5.32 Å². The first kappa shape index (κ1) is 32.1. The quantitative estimate of drug-likeness (QED) is 0.311. The number of carbonyl (C=O) groups is 5. The monoisotopic (exact) mass is 607 g/mol. The summed E-state index contributed by atoms with van der Waals surface area (Å²) in [5, 5.41) is 23.8. The van der Waals surface area contributed by atoms with E-state index in [4.69, 9.17) is 4.74 Å². The highest BCUT2D eigenvalue weighted by Gasteiger charge is 2.66. The molecule has 4 aliphatic rings. The molecule has 3 N–H and O–H groups in total. The minimum atomic E-state index is -1.57. The average Bonchev–Trinajstić information content (AvgIpc) is 3.28. The maximum Gasteiger partial charge on any atom is 0.306 e. The fraction of sp³-hybridized carbons (Fsp3) is 0.629. The molecule has 5 rings (SSSR count). The number of Topliss-reactive ketones (excluding diaryl/α,β-unsaturated/α-hetero) is 1. The van der Waals surface area contributed by atoms with E-state index < -0.39 is 47.2 Å². The summed E-state index contributed by atoms with van der Waals surface area (Å²) in [6.45, 7) is 3.91. The number of aliphatic hydroxyl groups is 1. The normalized spacial score (nSPS) is 33.2. The second-order valence-electron chi connectivity index (χ2n) is 13.9. The number of ether oxygens (including phenoxy) is 1. The van der Waals surface area contributed by atoms with Crippen molar-refractivity contribution in [2.45, 2.75) is 96.0 Å². The van der Waals surface area contributed by atoms with Gasteiger partial charge in [-0.1, -0.05) is 49.8 Å². The number of aliphatic carboxylic acids is 1. The van der Waals surface area contributed by atoms with Crippen molar-refractivity contribution in [2.75, 3.05) is 13.2 Å². The molecule has 0 spiro atoms. The number of amides is 1. The van der Waals surface area contributed by atoms with Gasteiger partial charge < -0.3 is 20.3 Å². The molecular formula is C35H45NO8. The van der Waals surface area contributed by atoms with E-state index in [1.807, 2.05) is 31.2 Å². The van der Waals surface area contributed by atoms with Gasteiger partial charge in [0.05, 0.1) is 12.8 Å². The molecular weight excluding hydrogens is 562 g/mol. The molecule has 0 bridgehead atoms. The number of carboxylic acids is 1. The van der Waals surface area contributed by atoms with Crippen LogP contribution in [0.1, 0.15) is 96.0 Å². The number of hydrogen-bond donors (Lipinski definition) is 3. The van der Waals surface area contributed by atoms with Crippen LogP contribution in [0.25, 0.3) is 0 Å². The average molecular weight is 608 g/mol. The summed E-state index contributed by atoms with van der Waals surface area (Å²) in [5.74, 6) is -1.75. The first-order valence-electron chi connectivity index (χ1n) is 16.1. The zero-order valence-electron chi connectivity index (χ0n) is 25.8. The SMILES string of the molecule is CC12CCC(=O)C=C1CCC1C2CCC2(C)C1CCC2(O)C(=O)COC(=O)CCC(=O)NCC(CC(=O)O)c1ccccc1. The molecule has 9 nitrogen and oxygen atoms in total. The van der Waals surface area contributed by atoms with E-state index in [1.165, 1.54) is 5.57 Å². The van der Waals surface area contributed by atoms with Crippen molar-refractivity contribution in [1.29, 1.82) is 0 Å². The Morgan fingerprint density at radius 2 is 1.70 bits per heavy atom. The van der Waals surface area contributed by atoms with Gasteiger partial charge in [0.1, 0.15) is 5.60 Å². The molecule has 1 amide bonds. The molecule has 3 saturated carbocycles. The predicted octanol–water partition coefficient (Wildman–Crippen LogP) is 4.52. The molecule has 1 aromatic carbocycles. The van der Waals surface area contributed by atoms with Crippen LogP contribution >= 0.6 is 0 Å². The number of allylic oxidation sites excluding steroid dienone is 1. The zero-order chi connectivity index (χ0) is 31.7.